The molecule has 0 spiro atoms. The van der Waals surface area contributed by atoms with E-state index in [0.29, 0.717) is 5.56 Å². The van der Waals surface area contributed by atoms with Crippen molar-refractivity contribution in [2.45, 2.75) is 0 Å². The van der Waals surface area contributed by atoms with Gasteiger partial charge in [-0.1, -0.05) is 66.7 Å². The van der Waals surface area contributed by atoms with Gasteiger partial charge in [0.05, 0.1) is 22.7 Å². The van der Waals surface area contributed by atoms with Gasteiger partial charge in [-0.05, 0) is 53.1 Å². The highest BCUT2D eigenvalue weighted by molar-refractivity contribution is 6.13. The molecular formula is C30H19N3. The first-order valence-corrected chi connectivity index (χ1v) is 10.9. The number of hydrogen-bond acceptors (Lipinski definition) is 2. The lowest BCUT2D eigenvalue weighted by molar-refractivity contribution is 1.18. The second-order valence-corrected chi connectivity index (χ2v) is 8.04. The van der Waals surface area contributed by atoms with Gasteiger partial charge in [-0.25, -0.2) is 0 Å². The van der Waals surface area contributed by atoms with Crippen LogP contribution in [0.15, 0.2) is 116 Å². The van der Waals surface area contributed by atoms with E-state index >= 15 is 0 Å². The van der Waals surface area contributed by atoms with E-state index in [-0.39, 0.29) is 0 Å². The summed E-state index contributed by atoms with van der Waals surface area (Å²) < 4.78 is 2.29. The van der Waals surface area contributed by atoms with Crippen molar-refractivity contribution in [1.82, 2.24) is 9.55 Å². The lowest BCUT2D eigenvalue weighted by Crippen LogP contribution is -1.97. The number of rotatable bonds is 3. The van der Waals surface area contributed by atoms with Gasteiger partial charge in [-0.15, -0.1) is 0 Å². The van der Waals surface area contributed by atoms with Gasteiger partial charge in [0, 0.05) is 34.4 Å². The molecule has 0 atom stereocenters. The first-order valence-electron chi connectivity index (χ1n) is 10.9. The zero-order valence-electron chi connectivity index (χ0n) is 17.8. The molecular weight excluding hydrogens is 402 g/mol. The van der Waals surface area contributed by atoms with Crippen LogP contribution in [-0.2, 0) is 0 Å². The van der Waals surface area contributed by atoms with E-state index in [4.69, 9.17) is 0 Å². The molecule has 0 amide bonds. The zero-order valence-corrected chi connectivity index (χ0v) is 17.8. The summed E-state index contributed by atoms with van der Waals surface area (Å²) in [5.41, 5.74) is 8.21. The standard InChI is InChI=1S/C30H19N3/c31-20-21-17-24(22-13-15-32-16-14-22)19-25(18-21)33-29-12-5-4-9-27(29)28-11-6-10-26(30(28)33)23-7-2-1-3-8-23/h1-19H. The van der Waals surface area contributed by atoms with Gasteiger partial charge in [0.15, 0.2) is 0 Å². The quantitative estimate of drug-likeness (QED) is 0.299. The topological polar surface area (TPSA) is 41.6 Å². The maximum atomic E-state index is 9.82. The highest BCUT2D eigenvalue weighted by Crippen LogP contribution is 2.38. The van der Waals surface area contributed by atoms with Gasteiger partial charge in [-0.2, -0.15) is 5.26 Å². The van der Waals surface area contributed by atoms with E-state index < -0.39 is 0 Å². The molecule has 2 heterocycles. The lowest BCUT2D eigenvalue weighted by atomic mass is 10.0. The van der Waals surface area contributed by atoms with Gasteiger partial charge in [-0.3, -0.25) is 4.98 Å². The summed E-state index contributed by atoms with van der Waals surface area (Å²) in [4.78, 5) is 4.14. The third kappa shape index (κ3) is 3.17. The molecule has 0 aliphatic rings. The van der Waals surface area contributed by atoms with Crippen molar-refractivity contribution in [3.8, 4) is 34.0 Å². The second-order valence-electron chi connectivity index (χ2n) is 8.04. The van der Waals surface area contributed by atoms with E-state index in [9.17, 15) is 5.26 Å². The Morgan fingerprint density at radius 2 is 1.39 bits per heavy atom. The van der Waals surface area contributed by atoms with Gasteiger partial charge in [0.1, 0.15) is 0 Å². The van der Waals surface area contributed by atoms with Crippen LogP contribution >= 0.6 is 0 Å². The summed E-state index contributed by atoms with van der Waals surface area (Å²) in [6, 6.07) is 37.8. The number of pyridine rings is 1. The van der Waals surface area contributed by atoms with Crippen molar-refractivity contribution < 1.29 is 0 Å². The van der Waals surface area contributed by atoms with Gasteiger partial charge in [0.2, 0.25) is 0 Å². The highest BCUT2D eigenvalue weighted by Gasteiger charge is 2.17. The van der Waals surface area contributed by atoms with Gasteiger partial charge in [0.25, 0.3) is 0 Å². The Labute approximate surface area is 191 Å². The summed E-state index contributed by atoms with van der Waals surface area (Å²) in [5, 5.41) is 12.2. The Kier molecular flexibility index (Phi) is 4.49. The molecule has 0 unspecified atom stereocenters. The smallest absolute Gasteiger partial charge is 0.0992 e. The maximum Gasteiger partial charge on any atom is 0.0992 e. The summed E-state index contributed by atoms with van der Waals surface area (Å²) in [5.74, 6) is 0. The van der Waals surface area contributed by atoms with Crippen molar-refractivity contribution in [3.05, 3.63) is 121 Å². The summed E-state index contributed by atoms with van der Waals surface area (Å²) in [6.45, 7) is 0. The Bertz CT molecular complexity index is 1660. The molecule has 0 bridgehead atoms. The van der Waals surface area contributed by atoms with Crippen LogP contribution in [0.1, 0.15) is 5.56 Å². The van der Waals surface area contributed by atoms with E-state index in [2.05, 4.69) is 88.4 Å². The molecule has 154 valence electrons. The van der Waals surface area contributed by atoms with Crippen LogP contribution in [0.2, 0.25) is 0 Å². The number of nitriles is 1. The van der Waals surface area contributed by atoms with Crippen molar-refractivity contribution in [3.63, 3.8) is 0 Å². The van der Waals surface area contributed by atoms with E-state index in [1.54, 1.807) is 12.4 Å². The molecule has 6 rings (SSSR count). The summed E-state index contributed by atoms with van der Waals surface area (Å²) in [6.07, 6.45) is 3.56. The van der Waals surface area contributed by atoms with Crippen LogP contribution in [0.5, 0.6) is 0 Å². The third-order valence-electron chi connectivity index (χ3n) is 6.10. The summed E-state index contributed by atoms with van der Waals surface area (Å²) in [7, 11) is 0. The molecule has 0 aliphatic heterocycles. The minimum Gasteiger partial charge on any atom is -0.309 e. The largest absolute Gasteiger partial charge is 0.309 e. The average molecular weight is 422 g/mol. The Hall–Kier alpha value is -4.68. The molecule has 3 nitrogen and oxygen atoms in total. The van der Waals surface area contributed by atoms with Crippen LogP contribution < -0.4 is 0 Å². The number of benzene rings is 4. The minimum absolute atomic E-state index is 0.627. The van der Waals surface area contributed by atoms with Crippen LogP contribution in [0.3, 0.4) is 0 Å². The monoisotopic (exact) mass is 421 g/mol. The molecule has 33 heavy (non-hydrogen) atoms. The van der Waals surface area contributed by atoms with E-state index in [0.717, 1.165) is 39.0 Å². The first-order chi connectivity index (χ1) is 16.3. The fraction of sp³-hybridized carbons (Fsp3) is 0. The van der Waals surface area contributed by atoms with Crippen molar-refractivity contribution in [2.24, 2.45) is 0 Å². The molecule has 3 heteroatoms. The molecule has 0 N–H and O–H groups in total. The predicted molar refractivity (Wildman–Crippen MR) is 134 cm³/mol. The number of nitrogens with zero attached hydrogens (tertiary/aromatic N) is 3. The Morgan fingerprint density at radius 3 is 2.21 bits per heavy atom. The number of hydrogen-bond donors (Lipinski definition) is 0. The molecule has 4 aromatic carbocycles. The van der Waals surface area contributed by atoms with Crippen LogP contribution in [0, 0.1) is 11.3 Å². The molecule has 0 radical (unpaired) electrons. The van der Waals surface area contributed by atoms with Crippen molar-refractivity contribution in [2.75, 3.05) is 0 Å². The fourth-order valence-corrected chi connectivity index (χ4v) is 4.65. The van der Waals surface area contributed by atoms with E-state index in [1.807, 2.05) is 30.3 Å². The maximum absolute atomic E-state index is 9.82. The van der Waals surface area contributed by atoms with Crippen LogP contribution in [0.25, 0.3) is 49.7 Å². The summed E-state index contributed by atoms with van der Waals surface area (Å²) >= 11 is 0. The average Bonchev–Trinajstić information content (AvgIpc) is 3.24. The number of fused-ring (bicyclic) bond motifs is 3. The SMILES string of the molecule is N#Cc1cc(-c2ccncc2)cc(-n2c3ccccc3c3cccc(-c4ccccc4)c32)c1. The van der Waals surface area contributed by atoms with Crippen molar-refractivity contribution in [1.29, 1.82) is 5.26 Å². The van der Waals surface area contributed by atoms with Gasteiger partial charge < -0.3 is 4.57 Å². The molecule has 2 aromatic heterocycles. The zero-order chi connectivity index (χ0) is 22.2. The molecule has 0 aliphatic carbocycles. The number of aromatic nitrogens is 2. The number of para-hydroxylation sites is 2. The van der Waals surface area contributed by atoms with Crippen molar-refractivity contribution >= 4 is 21.8 Å². The van der Waals surface area contributed by atoms with Crippen LogP contribution in [0.4, 0.5) is 0 Å². The van der Waals surface area contributed by atoms with Crippen LogP contribution in [-0.4, -0.2) is 9.55 Å². The predicted octanol–water partition coefficient (Wildman–Crippen LogP) is 7.38. The van der Waals surface area contributed by atoms with Gasteiger partial charge >= 0.3 is 0 Å². The first kappa shape index (κ1) is 19.0. The molecule has 0 fully saturated rings. The Balaban J connectivity index is 1.74. The van der Waals surface area contributed by atoms with E-state index in [1.165, 1.54) is 10.8 Å². The Morgan fingerprint density at radius 1 is 0.636 bits per heavy atom. The normalized spacial score (nSPS) is 11.0. The second kappa shape index (κ2) is 7.78. The third-order valence-corrected chi connectivity index (χ3v) is 6.10. The lowest BCUT2D eigenvalue weighted by Gasteiger charge is -2.14. The molecule has 0 saturated heterocycles. The molecule has 0 saturated carbocycles. The molecule has 6 aromatic rings. The highest BCUT2D eigenvalue weighted by atomic mass is 15.0. The minimum atomic E-state index is 0.627. The fourth-order valence-electron chi connectivity index (χ4n) is 4.65.